The lowest BCUT2D eigenvalue weighted by Crippen LogP contribution is -2.62. The molecule has 2 aliphatic heterocycles. The number of urea groups is 1. The van der Waals surface area contributed by atoms with Crippen molar-refractivity contribution >= 4 is 35.4 Å². The highest BCUT2D eigenvalue weighted by atomic mass is 16.2. The Labute approximate surface area is 290 Å². The minimum atomic E-state index is -1.05. The van der Waals surface area contributed by atoms with Gasteiger partial charge in [0, 0.05) is 31.7 Å². The van der Waals surface area contributed by atoms with Gasteiger partial charge in [-0.05, 0) is 46.1 Å². The van der Waals surface area contributed by atoms with Crippen molar-refractivity contribution in [1.82, 2.24) is 31.1 Å². The molecular formula is C37H54N6O6. The average Bonchev–Trinajstić information content (AvgIpc) is 3.31. The maximum Gasteiger partial charge on any atom is 0.315 e. The molecule has 1 aromatic carbocycles. The molecule has 2 fully saturated rings. The number of fused-ring (bicyclic) bond motifs is 2. The molecule has 49 heavy (non-hydrogen) atoms. The molecule has 6 amide bonds. The van der Waals surface area contributed by atoms with Crippen molar-refractivity contribution in [3.63, 3.8) is 0 Å². The zero-order valence-electron chi connectivity index (χ0n) is 30.4. The molecular weight excluding hydrogens is 624 g/mol. The molecule has 1 aromatic rings. The van der Waals surface area contributed by atoms with Crippen molar-refractivity contribution in [3.8, 4) is 0 Å². The van der Waals surface area contributed by atoms with Crippen LogP contribution in [-0.4, -0.2) is 89.0 Å². The molecule has 2 heterocycles. The minimum Gasteiger partial charge on any atom is -0.346 e. The van der Waals surface area contributed by atoms with Gasteiger partial charge in [-0.15, -0.1) is 6.58 Å². The molecule has 1 saturated heterocycles. The predicted octanol–water partition coefficient (Wildman–Crippen LogP) is 3.02. The van der Waals surface area contributed by atoms with Gasteiger partial charge in [0.1, 0.15) is 12.1 Å². The van der Waals surface area contributed by atoms with Gasteiger partial charge in [-0.1, -0.05) is 86.6 Å². The van der Waals surface area contributed by atoms with Crippen LogP contribution in [-0.2, 0) is 25.7 Å². The van der Waals surface area contributed by atoms with Gasteiger partial charge in [0.15, 0.2) is 0 Å². The first kappa shape index (κ1) is 37.6. The average molecular weight is 679 g/mol. The van der Waals surface area contributed by atoms with Gasteiger partial charge in [0.25, 0.3) is 11.8 Å². The molecule has 4 rings (SSSR count). The van der Waals surface area contributed by atoms with E-state index < -0.39 is 64.5 Å². The minimum absolute atomic E-state index is 0.0701. The molecule has 6 atom stereocenters. The Balaban J connectivity index is 1.50. The number of carbonyl (C=O) groups is 6. The van der Waals surface area contributed by atoms with Crippen molar-refractivity contribution in [2.75, 3.05) is 19.6 Å². The number of benzene rings is 1. The molecule has 0 bridgehead atoms. The molecule has 12 nitrogen and oxygen atoms in total. The number of amides is 6. The van der Waals surface area contributed by atoms with E-state index in [0.29, 0.717) is 18.7 Å². The fourth-order valence-electron chi connectivity index (χ4n) is 7.20. The van der Waals surface area contributed by atoms with Crippen molar-refractivity contribution in [2.45, 2.75) is 99.4 Å². The molecule has 1 unspecified atom stereocenters. The van der Waals surface area contributed by atoms with Gasteiger partial charge in [0.05, 0.1) is 12.1 Å². The van der Waals surface area contributed by atoms with E-state index in [-0.39, 0.29) is 42.7 Å². The van der Waals surface area contributed by atoms with Crippen LogP contribution >= 0.6 is 0 Å². The highest BCUT2D eigenvalue weighted by Gasteiger charge is 2.70. The topological polar surface area (TPSA) is 157 Å². The number of Topliss-reactive ketones (excluding diaryl/α,β-unsaturated/α-hetero) is 1. The molecule has 0 radical (unpaired) electrons. The highest BCUT2D eigenvalue weighted by Crippen LogP contribution is 2.65. The number of hydrogen-bond donors (Lipinski definition) is 4. The van der Waals surface area contributed by atoms with Crippen LogP contribution in [0.1, 0.15) is 84.7 Å². The second-order valence-electron chi connectivity index (χ2n) is 16.4. The number of rotatable bonds is 12. The lowest BCUT2D eigenvalue weighted by atomic mass is 9.85. The van der Waals surface area contributed by atoms with Crippen molar-refractivity contribution in [2.24, 2.45) is 28.1 Å². The standard InChI is InChI=1S/C37H54N6O6/c1-11-17-38-31(46)28(44)24(12-2)39-30(45)27-26-23(37(26,9)10)19-43(27)33(48)29(36(6,7)8)41-34(49)40-25(35(3,4)5)20-42-18-21-15-13-14-16-22(21)32(42)47/h11,13-16,23-27,29H,1,12,17-20H2,2-10H3,(H,38,46)(H,39,45)(H2,40,41,49)/t23-,24?,25+,26-,27-,29+/m0/s1. The fraction of sp³-hybridized carbons (Fsp3) is 0.622. The number of likely N-dealkylation sites (tertiary alicyclic amines) is 1. The Bertz CT molecular complexity index is 1510. The summed E-state index contributed by atoms with van der Waals surface area (Å²) in [5, 5.41) is 11.2. The summed E-state index contributed by atoms with van der Waals surface area (Å²) in [6, 6.07) is 3.57. The van der Waals surface area contributed by atoms with Crippen molar-refractivity contribution < 1.29 is 28.8 Å². The van der Waals surface area contributed by atoms with E-state index in [0.717, 1.165) is 5.56 Å². The van der Waals surface area contributed by atoms with Gasteiger partial charge >= 0.3 is 6.03 Å². The maximum atomic E-state index is 14.4. The lowest BCUT2D eigenvalue weighted by Gasteiger charge is -2.39. The monoisotopic (exact) mass is 678 g/mol. The third-order valence-corrected chi connectivity index (χ3v) is 10.5. The molecule has 3 aliphatic rings. The van der Waals surface area contributed by atoms with E-state index in [1.807, 2.05) is 65.8 Å². The Morgan fingerprint density at radius 3 is 2.22 bits per heavy atom. The van der Waals surface area contributed by atoms with E-state index in [1.165, 1.54) is 11.0 Å². The molecule has 1 saturated carbocycles. The van der Waals surface area contributed by atoms with Crippen LogP contribution in [0.4, 0.5) is 4.79 Å². The number of hydrogen-bond acceptors (Lipinski definition) is 6. The summed E-state index contributed by atoms with van der Waals surface area (Å²) < 4.78 is 0. The molecule has 0 spiro atoms. The molecule has 1 aliphatic carbocycles. The van der Waals surface area contributed by atoms with Gasteiger partial charge in [-0.3, -0.25) is 24.0 Å². The van der Waals surface area contributed by atoms with Crippen molar-refractivity contribution in [3.05, 3.63) is 48.0 Å². The van der Waals surface area contributed by atoms with Crippen molar-refractivity contribution in [1.29, 1.82) is 0 Å². The second kappa shape index (κ2) is 14.0. The van der Waals surface area contributed by atoms with E-state index in [9.17, 15) is 28.8 Å². The largest absolute Gasteiger partial charge is 0.346 e. The van der Waals surface area contributed by atoms with Gasteiger partial charge in [-0.2, -0.15) is 0 Å². The van der Waals surface area contributed by atoms with E-state index in [1.54, 1.807) is 11.8 Å². The molecule has 0 aromatic heterocycles. The SMILES string of the molecule is C=CCNC(=O)C(=O)C(CC)NC(=O)[C@@H]1[C@@H]2[C@H](CN1C(=O)[C@@H](NC(=O)N[C@H](CN1Cc3ccccc3C1=O)C(C)(C)C)C(C)(C)C)C2(C)C. The third kappa shape index (κ3) is 7.83. The van der Waals surface area contributed by atoms with Crippen LogP contribution < -0.4 is 21.3 Å². The summed E-state index contributed by atoms with van der Waals surface area (Å²) in [6.45, 7) is 22.0. The summed E-state index contributed by atoms with van der Waals surface area (Å²) in [4.78, 5) is 83.5. The quantitative estimate of drug-likeness (QED) is 0.197. The van der Waals surface area contributed by atoms with Crippen LogP contribution in [0.25, 0.3) is 0 Å². The normalized spacial score (nSPS) is 22.6. The summed E-state index contributed by atoms with van der Waals surface area (Å²) in [5.74, 6) is -2.62. The number of piperidine rings is 1. The zero-order valence-corrected chi connectivity index (χ0v) is 30.4. The number of carbonyl (C=O) groups excluding carboxylic acids is 6. The first-order chi connectivity index (χ1) is 22.7. The van der Waals surface area contributed by atoms with Gasteiger partial charge in [-0.25, -0.2) is 4.79 Å². The number of ketones is 1. The zero-order chi connectivity index (χ0) is 36.6. The summed E-state index contributed by atoms with van der Waals surface area (Å²) in [5.41, 5.74) is 0.259. The summed E-state index contributed by atoms with van der Waals surface area (Å²) in [7, 11) is 0. The molecule has 4 N–H and O–H groups in total. The van der Waals surface area contributed by atoms with Gasteiger partial charge in [0.2, 0.25) is 17.6 Å². The van der Waals surface area contributed by atoms with E-state index >= 15 is 0 Å². The van der Waals surface area contributed by atoms with Gasteiger partial charge < -0.3 is 31.1 Å². The predicted molar refractivity (Wildman–Crippen MR) is 186 cm³/mol. The second-order valence-corrected chi connectivity index (χ2v) is 16.4. The summed E-state index contributed by atoms with van der Waals surface area (Å²) >= 11 is 0. The van der Waals surface area contributed by atoms with Crippen LogP contribution in [0.15, 0.2) is 36.9 Å². The Kier molecular flexibility index (Phi) is 10.7. The molecule has 268 valence electrons. The number of nitrogens with one attached hydrogen (secondary N) is 4. The number of nitrogens with zero attached hydrogens (tertiary/aromatic N) is 2. The Morgan fingerprint density at radius 2 is 1.65 bits per heavy atom. The summed E-state index contributed by atoms with van der Waals surface area (Å²) in [6.07, 6.45) is 1.65. The van der Waals surface area contributed by atoms with E-state index in [2.05, 4.69) is 41.7 Å². The lowest BCUT2D eigenvalue weighted by molar-refractivity contribution is -0.145. The van der Waals surface area contributed by atoms with Crippen LogP contribution in [0, 0.1) is 28.1 Å². The molecule has 12 heteroatoms. The Hall–Kier alpha value is -4.22. The third-order valence-electron chi connectivity index (χ3n) is 10.5. The van der Waals surface area contributed by atoms with E-state index in [4.69, 9.17) is 0 Å². The smallest absolute Gasteiger partial charge is 0.315 e. The Morgan fingerprint density at radius 1 is 1.00 bits per heavy atom. The van der Waals surface area contributed by atoms with Crippen LogP contribution in [0.5, 0.6) is 0 Å². The van der Waals surface area contributed by atoms with Crippen LogP contribution in [0.2, 0.25) is 0 Å². The maximum absolute atomic E-state index is 14.4. The highest BCUT2D eigenvalue weighted by molar-refractivity contribution is 6.38. The first-order valence-electron chi connectivity index (χ1n) is 17.2. The first-order valence-corrected chi connectivity index (χ1v) is 17.2. The van der Waals surface area contributed by atoms with Crippen LogP contribution in [0.3, 0.4) is 0 Å². The fourth-order valence-corrected chi connectivity index (χ4v) is 7.20.